The monoisotopic (exact) mass is 485 g/mol. The number of carbonyl (C=O) groups is 2. The third-order valence-electron chi connectivity index (χ3n) is 5.86. The van der Waals surface area contributed by atoms with Crippen molar-refractivity contribution in [3.05, 3.63) is 112 Å². The molecule has 0 bridgehead atoms. The average molecular weight is 486 g/mol. The minimum absolute atomic E-state index is 0.0563. The quantitative estimate of drug-likeness (QED) is 0.340. The average Bonchev–Trinajstić information content (AvgIpc) is 3.33. The maximum atomic E-state index is 13.9. The van der Waals surface area contributed by atoms with Gasteiger partial charge in [0.15, 0.2) is 12.4 Å². The van der Waals surface area contributed by atoms with Gasteiger partial charge in [0, 0.05) is 22.8 Å². The van der Waals surface area contributed by atoms with Crippen LogP contribution >= 0.6 is 11.6 Å². The fraction of sp³-hybridized carbons (Fsp3) is 0.111. The number of amides is 2. The first-order chi connectivity index (χ1) is 16.9. The Hall–Kier alpha value is -4.23. The van der Waals surface area contributed by atoms with Gasteiger partial charge >= 0.3 is 5.91 Å². The molecule has 1 aliphatic heterocycles. The Labute approximate surface area is 206 Å². The third-order valence-corrected chi connectivity index (χ3v) is 6.09. The first-order valence-electron chi connectivity index (χ1n) is 11.1. The molecule has 0 unspecified atom stereocenters. The van der Waals surface area contributed by atoms with Crippen LogP contribution in [0.2, 0.25) is 5.02 Å². The Bertz CT molecular complexity index is 1540. The highest BCUT2D eigenvalue weighted by molar-refractivity contribution is 6.53. The van der Waals surface area contributed by atoms with E-state index in [-0.39, 0.29) is 22.8 Å². The van der Waals surface area contributed by atoms with E-state index in [4.69, 9.17) is 11.6 Å². The Morgan fingerprint density at radius 3 is 2.14 bits per heavy atom. The highest BCUT2D eigenvalue weighted by Crippen LogP contribution is 2.35. The summed E-state index contributed by atoms with van der Waals surface area (Å²) in [6.07, 6.45) is 3.37. The zero-order valence-electron chi connectivity index (χ0n) is 19.1. The van der Waals surface area contributed by atoms with E-state index in [1.54, 1.807) is 77.6 Å². The van der Waals surface area contributed by atoms with Crippen molar-refractivity contribution < 1.29 is 14.2 Å². The predicted octanol–water partition coefficient (Wildman–Crippen LogP) is 4.17. The topological polar surface area (TPSA) is 79.1 Å². The summed E-state index contributed by atoms with van der Waals surface area (Å²) in [6.45, 7) is 3.84. The summed E-state index contributed by atoms with van der Waals surface area (Å²) in [5, 5.41) is 3.62. The van der Waals surface area contributed by atoms with Crippen LogP contribution in [-0.4, -0.2) is 21.6 Å². The number of carbonyl (C=O) groups excluding carboxylic acids is 2. The van der Waals surface area contributed by atoms with Crippen molar-refractivity contribution in [1.29, 1.82) is 0 Å². The molecule has 0 fully saturated rings. The lowest BCUT2D eigenvalue weighted by Crippen LogP contribution is -2.39. The molecule has 35 heavy (non-hydrogen) atoms. The molecule has 8 heteroatoms. The molecule has 0 radical (unpaired) electrons. The molecule has 0 atom stereocenters. The third kappa shape index (κ3) is 3.80. The van der Waals surface area contributed by atoms with Crippen LogP contribution in [0.4, 0.5) is 5.69 Å². The second-order valence-corrected chi connectivity index (χ2v) is 8.90. The van der Waals surface area contributed by atoms with E-state index in [0.717, 1.165) is 4.90 Å². The first kappa shape index (κ1) is 22.6. The number of aromatic amines is 1. The Morgan fingerprint density at radius 1 is 0.829 bits per heavy atom. The van der Waals surface area contributed by atoms with E-state index in [0.29, 0.717) is 22.1 Å². The number of nitrogens with one attached hydrogen (secondary N) is 1. The lowest BCUT2D eigenvalue weighted by atomic mass is 9.98. The number of halogens is 1. The van der Waals surface area contributed by atoms with E-state index >= 15 is 0 Å². The van der Waals surface area contributed by atoms with Gasteiger partial charge < -0.3 is 0 Å². The fourth-order valence-corrected chi connectivity index (χ4v) is 4.44. The van der Waals surface area contributed by atoms with Crippen LogP contribution in [0.1, 0.15) is 31.0 Å². The number of anilines is 1. The number of benzene rings is 2. The highest BCUT2D eigenvalue weighted by atomic mass is 35.5. The van der Waals surface area contributed by atoms with Gasteiger partial charge in [-0.25, -0.2) is 9.58 Å². The SMILES string of the molecule is CC(C)c1[nH]n(-c2cccc(Cl)c2)c(=O)c1C1=C([n+]2ccccc2)C(=O)N(c2ccccc2)C1=O. The molecule has 174 valence electrons. The molecule has 7 nitrogen and oxygen atoms in total. The maximum absolute atomic E-state index is 13.9. The van der Waals surface area contributed by atoms with Crippen molar-refractivity contribution in [3.63, 3.8) is 0 Å². The Balaban J connectivity index is 1.80. The summed E-state index contributed by atoms with van der Waals surface area (Å²) in [7, 11) is 0. The van der Waals surface area contributed by atoms with Crippen LogP contribution in [0.25, 0.3) is 17.0 Å². The summed E-state index contributed by atoms with van der Waals surface area (Å²) in [6, 6.07) is 20.9. The Morgan fingerprint density at radius 2 is 1.49 bits per heavy atom. The van der Waals surface area contributed by atoms with Gasteiger partial charge in [0.2, 0.25) is 0 Å². The van der Waals surface area contributed by atoms with Crippen molar-refractivity contribution in [3.8, 4) is 5.69 Å². The molecule has 1 aliphatic rings. The molecule has 5 rings (SSSR count). The van der Waals surface area contributed by atoms with Gasteiger partial charge in [-0.1, -0.05) is 55.8 Å². The highest BCUT2D eigenvalue weighted by Gasteiger charge is 2.48. The second-order valence-electron chi connectivity index (χ2n) is 8.46. The van der Waals surface area contributed by atoms with Crippen LogP contribution in [0.5, 0.6) is 0 Å². The molecule has 2 aromatic carbocycles. The number of hydrogen-bond acceptors (Lipinski definition) is 3. The molecular weight excluding hydrogens is 464 g/mol. The number of pyridine rings is 1. The largest absolute Gasteiger partial charge is 0.331 e. The maximum Gasteiger partial charge on any atom is 0.331 e. The van der Waals surface area contributed by atoms with Gasteiger partial charge in [0.05, 0.1) is 16.9 Å². The van der Waals surface area contributed by atoms with Crippen molar-refractivity contribution in [1.82, 2.24) is 9.78 Å². The first-order valence-corrected chi connectivity index (χ1v) is 11.5. The summed E-state index contributed by atoms with van der Waals surface area (Å²) >= 11 is 6.17. The number of para-hydroxylation sites is 1. The molecule has 0 spiro atoms. The molecule has 3 heterocycles. The number of rotatable bonds is 5. The van der Waals surface area contributed by atoms with Crippen LogP contribution < -0.4 is 15.0 Å². The summed E-state index contributed by atoms with van der Waals surface area (Å²) in [5.41, 5.74) is 1.43. The molecule has 0 saturated heterocycles. The zero-order valence-corrected chi connectivity index (χ0v) is 19.9. The van der Waals surface area contributed by atoms with Crippen LogP contribution in [0, 0.1) is 0 Å². The van der Waals surface area contributed by atoms with E-state index in [1.807, 2.05) is 26.0 Å². The molecule has 2 amide bonds. The second kappa shape index (κ2) is 8.85. The number of H-pyrrole nitrogens is 1. The lowest BCUT2D eigenvalue weighted by Gasteiger charge is -2.13. The van der Waals surface area contributed by atoms with Crippen molar-refractivity contribution in [2.75, 3.05) is 4.90 Å². The van der Waals surface area contributed by atoms with Crippen molar-refractivity contribution in [2.45, 2.75) is 19.8 Å². The van der Waals surface area contributed by atoms with Gasteiger partial charge in [0.25, 0.3) is 17.2 Å². The van der Waals surface area contributed by atoms with Gasteiger partial charge in [-0.05, 0) is 36.2 Å². The van der Waals surface area contributed by atoms with Crippen molar-refractivity contribution in [2.24, 2.45) is 0 Å². The molecule has 0 aliphatic carbocycles. The summed E-state index contributed by atoms with van der Waals surface area (Å²) < 4.78 is 2.94. The molecule has 2 aromatic heterocycles. The minimum Gasteiger partial charge on any atom is -0.294 e. The zero-order chi connectivity index (χ0) is 24.7. The minimum atomic E-state index is -0.552. The van der Waals surface area contributed by atoms with Crippen molar-refractivity contribution >= 4 is 40.4 Å². The molecular formula is C27H22ClN4O3+. The van der Waals surface area contributed by atoms with E-state index in [2.05, 4.69) is 5.10 Å². The van der Waals surface area contributed by atoms with E-state index < -0.39 is 17.4 Å². The van der Waals surface area contributed by atoms with Crippen LogP contribution in [0.15, 0.2) is 90.0 Å². The molecule has 0 saturated carbocycles. The lowest BCUT2D eigenvalue weighted by molar-refractivity contribution is -0.576. The van der Waals surface area contributed by atoms with Crippen LogP contribution in [0.3, 0.4) is 0 Å². The fourth-order valence-electron chi connectivity index (χ4n) is 4.25. The van der Waals surface area contributed by atoms with Gasteiger partial charge in [0.1, 0.15) is 5.57 Å². The van der Waals surface area contributed by atoms with E-state index in [9.17, 15) is 14.4 Å². The number of hydrogen-bond donors (Lipinski definition) is 1. The smallest absolute Gasteiger partial charge is 0.294 e. The summed E-state index contributed by atoms with van der Waals surface area (Å²) in [5.74, 6) is -1.19. The number of nitrogens with zero attached hydrogens (tertiary/aromatic N) is 3. The molecule has 4 aromatic rings. The number of aromatic nitrogens is 3. The standard InChI is InChI=1S/C27H21ClN4O3/c1-17(2)23-21(26(34)32(29-23)20-13-9-10-18(28)16-20)22-24(30-14-7-4-8-15-30)27(35)31(25(22)33)19-11-5-3-6-12-19/h3-17H,1-2H3/p+1. The summed E-state index contributed by atoms with van der Waals surface area (Å²) in [4.78, 5) is 42.5. The van der Waals surface area contributed by atoms with E-state index in [1.165, 1.54) is 4.68 Å². The molecule has 1 N–H and O–H groups in total. The number of imide groups is 1. The van der Waals surface area contributed by atoms with Crippen LogP contribution in [-0.2, 0) is 9.59 Å². The van der Waals surface area contributed by atoms with Gasteiger partial charge in [-0.2, -0.15) is 4.57 Å². The normalized spacial score (nSPS) is 13.9. The van der Waals surface area contributed by atoms with Gasteiger partial charge in [-0.15, -0.1) is 0 Å². The Kier molecular flexibility index (Phi) is 5.70. The van der Waals surface area contributed by atoms with Gasteiger partial charge in [-0.3, -0.25) is 19.5 Å². The predicted molar refractivity (Wildman–Crippen MR) is 134 cm³/mol.